The monoisotopic (exact) mass is 387 g/mol. The molecule has 1 aromatic heterocycles. The van der Waals surface area contributed by atoms with Crippen molar-refractivity contribution in [2.45, 2.75) is 20.1 Å². The average molecular weight is 387 g/mol. The minimum atomic E-state index is -2.98. The lowest BCUT2D eigenvalue weighted by molar-refractivity contribution is -0.0512. The lowest BCUT2D eigenvalue weighted by Crippen LogP contribution is -2.12. The van der Waals surface area contributed by atoms with Crippen LogP contribution in [0.2, 0.25) is 0 Å². The predicted octanol–water partition coefficient (Wildman–Crippen LogP) is 4.10. The number of hydrogen-bond donors (Lipinski definition) is 1. The Balaban J connectivity index is 1.70. The van der Waals surface area contributed by atoms with Crippen LogP contribution in [-0.2, 0) is 6.54 Å². The third-order valence-electron chi connectivity index (χ3n) is 4.13. The van der Waals surface area contributed by atoms with E-state index in [1.54, 1.807) is 17.1 Å². The molecular formula is C20H19F2N3O3. The molecule has 2 aromatic carbocycles. The zero-order chi connectivity index (χ0) is 20.1. The fourth-order valence-corrected chi connectivity index (χ4v) is 2.68. The number of alkyl halides is 2. The number of ether oxygens (including phenoxy) is 2. The van der Waals surface area contributed by atoms with E-state index in [-0.39, 0.29) is 17.1 Å². The standard InChI is InChI=1S/C20H19F2N3O3/c1-13-5-3-4-6-15(13)11-25-12-16(10-23-25)24-19(26)14-7-8-17(28-20(21)22)18(9-14)27-2/h3-10,12,20H,11H2,1-2H3,(H,24,26). The molecule has 1 heterocycles. The molecule has 0 bridgehead atoms. The normalized spacial score (nSPS) is 10.8. The molecule has 8 heteroatoms. The van der Waals surface area contributed by atoms with Gasteiger partial charge in [0.15, 0.2) is 11.5 Å². The van der Waals surface area contributed by atoms with Gasteiger partial charge in [0.05, 0.1) is 25.5 Å². The Morgan fingerprint density at radius 2 is 2.00 bits per heavy atom. The smallest absolute Gasteiger partial charge is 0.387 e. The summed E-state index contributed by atoms with van der Waals surface area (Å²) in [6, 6.07) is 12.0. The highest BCUT2D eigenvalue weighted by atomic mass is 19.3. The number of carbonyl (C=O) groups excluding carboxylic acids is 1. The van der Waals surface area contributed by atoms with E-state index in [1.165, 1.54) is 25.3 Å². The molecule has 1 N–H and O–H groups in total. The maximum atomic E-state index is 12.4. The number of halogens is 2. The van der Waals surface area contributed by atoms with E-state index < -0.39 is 12.5 Å². The van der Waals surface area contributed by atoms with Crippen molar-refractivity contribution in [1.29, 1.82) is 0 Å². The zero-order valence-corrected chi connectivity index (χ0v) is 15.4. The predicted molar refractivity (Wildman–Crippen MR) is 100 cm³/mol. The average Bonchev–Trinajstić information content (AvgIpc) is 3.10. The highest BCUT2D eigenvalue weighted by Gasteiger charge is 2.15. The van der Waals surface area contributed by atoms with Crippen LogP contribution in [0.4, 0.5) is 14.5 Å². The topological polar surface area (TPSA) is 65.4 Å². The molecule has 28 heavy (non-hydrogen) atoms. The summed E-state index contributed by atoms with van der Waals surface area (Å²) in [6.07, 6.45) is 3.26. The van der Waals surface area contributed by atoms with Crippen molar-refractivity contribution < 1.29 is 23.0 Å². The first-order valence-electron chi connectivity index (χ1n) is 8.47. The van der Waals surface area contributed by atoms with E-state index in [0.29, 0.717) is 12.2 Å². The third-order valence-corrected chi connectivity index (χ3v) is 4.13. The van der Waals surface area contributed by atoms with Crippen molar-refractivity contribution in [3.8, 4) is 11.5 Å². The van der Waals surface area contributed by atoms with Crippen LogP contribution in [0.15, 0.2) is 54.9 Å². The van der Waals surface area contributed by atoms with Gasteiger partial charge < -0.3 is 14.8 Å². The van der Waals surface area contributed by atoms with Crippen LogP contribution in [0.25, 0.3) is 0 Å². The number of benzene rings is 2. The summed E-state index contributed by atoms with van der Waals surface area (Å²) in [7, 11) is 1.31. The quantitative estimate of drug-likeness (QED) is 0.663. The third kappa shape index (κ3) is 4.64. The number of anilines is 1. The second-order valence-electron chi connectivity index (χ2n) is 6.05. The minimum Gasteiger partial charge on any atom is -0.493 e. The molecule has 0 aliphatic heterocycles. The molecule has 0 aliphatic carbocycles. The van der Waals surface area contributed by atoms with E-state index in [2.05, 4.69) is 15.2 Å². The number of nitrogens with zero attached hydrogens (tertiary/aromatic N) is 2. The SMILES string of the molecule is COc1cc(C(=O)Nc2cnn(Cc3ccccc3C)c2)ccc1OC(F)F. The maximum absolute atomic E-state index is 12.4. The molecule has 1 amide bonds. The molecule has 0 saturated heterocycles. The number of methoxy groups -OCH3 is 1. The molecule has 3 rings (SSSR count). The van der Waals surface area contributed by atoms with Crippen molar-refractivity contribution >= 4 is 11.6 Å². The largest absolute Gasteiger partial charge is 0.493 e. The maximum Gasteiger partial charge on any atom is 0.387 e. The van der Waals surface area contributed by atoms with Crippen molar-refractivity contribution in [1.82, 2.24) is 9.78 Å². The molecule has 6 nitrogen and oxygen atoms in total. The summed E-state index contributed by atoms with van der Waals surface area (Å²) < 4.78 is 35.9. The first-order valence-corrected chi connectivity index (χ1v) is 8.47. The Morgan fingerprint density at radius 3 is 2.71 bits per heavy atom. The fraction of sp³-hybridized carbons (Fsp3) is 0.200. The van der Waals surface area contributed by atoms with E-state index in [9.17, 15) is 13.6 Å². The molecule has 146 valence electrons. The minimum absolute atomic E-state index is 0.0446. The van der Waals surface area contributed by atoms with Gasteiger partial charge in [0.25, 0.3) is 5.91 Å². The van der Waals surface area contributed by atoms with Crippen molar-refractivity contribution in [3.63, 3.8) is 0 Å². The summed E-state index contributed by atoms with van der Waals surface area (Å²) >= 11 is 0. The molecule has 0 radical (unpaired) electrons. The summed E-state index contributed by atoms with van der Waals surface area (Å²) in [5, 5.41) is 6.98. The van der Waals surface area contributed by atoms with Gasteiger partial charge in [0.1, 0.15) is 0 Å². The van der Waals surface area contributed by atoms with Gasteiger partial charge in [-0.25, -0.2) is 0 Å². The summed E-state index contributed by atoms with van der Waals surface area (Å²) in [6.45, 7) is -0.375. The Bertz CT molecular complexity index is 973. The Labute approximate surface area is 160 Å². The van der Waals surface area contributed by atoms with Crippen LogP contribution >= 0.6 is 0 Å². The van der Waals surface area contributed by atoms with Crippen molar-refractivity contribution in [3.05, 3.63) is 71.5 Å². The summed E-state index contributed by atoms with van der Waals surface area (Å²) in [5.74, 6) is -0.513. The van der Waals surface area contributed by atoms with Crippen LogP contribution in [-0.4, -0.2) is 29.4 Å². The zero-order valence-electron chi connectivity index (χ0n) is 15.4. The number of hydrogen-bond acceptors (Lipinski definition) is 4. The molecule has 3 aromatic rings. The first kappa shape index (κ1) is 19.3. The Kier molecular flexibility index (Phi) is 5.88. The van der Waals surface area contributed by atoms with Crippen LogP contribution in [0.3, 0.4) is 0 Å². The molecule has 0 unspecified atom stereocenters. The van der Waals surface area contributed by atoms with Gasteiger partial charge in [-0.2, -0.15) is 13.9 Å². The van der Waals surface area contributed by atoms with Crippen LogP contribution in [0.1, 0.15) is 21.5 Å². The van der Waals surface area contributed by atoms with Gasteiger partial charge >= 0.3 is 6.61 Å². The van der Waals surface area contributed by atoms with E-state index in [1.807, 2.05) is 31.2 Å². The molecule has 0 aliphatic rings. The van der Waals surface area contributed by atoms with Gasteiger partial charge in [-0.1, -0.05) is 24.3 Å². The van der Waals surface area contributed by atoms with Crippen molar-refractivity contribution in [2.24, 2.45) is 0 Å². The number of aryl methyl sites for hydroxylation is 1. The van der Waals surface area contributed by atoms with Crippen LogP contribution in [0.5, 0.6) is 11.5 Å². The molecule has 0 saturated carbocycles. The number of aromatic nitrogens is 2. The fourth-order valence-electron chi connectivity index (χ4n) is 2.68. The number of nitrogens with one attached hydrogen (secondary N) is 1. The lowest BCUT2D eigenvalue weighted by atomic mass is 10.1. The highest BCUT2D eigenvalue weighted by Crippen LogP contribution is 2.29. The molecule has 0 atom stereocenters. The highest BCUT2D eigenvalue weighted by molar-refractivity contribution is 6.04. The summed E-state index contributed by atoms with van der Waals surface area (Å²) in [5.41, 5.74) is 3.04. The van der Waals surface area contributed by atoms with Gasteiger partial charge in [-0.3, -0.25) is 9.48 Å². The lowest BCUT2D eigenvalue weighted by Gasteiger charge is -2.11. The Morgan fingerprint density at radius 1 is 1.21 bits per heavy atom. The number of carbonyl (C=O) groups is 1. The van der Waals surface area contributed by atoms with E-state index >= 15 is 0 Å². The van der Waals surface area contributed by atoms with E-state index in [0.717, 1.165) is 11.1 Å². The molecule has 0 spiro atoms. The van der Waals surface area contributed by atoms with Crippen LogP contribution < -0.4 is 14.8 Å². The number of amides is 1. The second-order valence-corrected chi connectivity index (χ2v) is 6.05. The van der Waals surface area contributed by atoms with E-state index in [4.69, 9.17) is 4.74 Å². The van der Waals surface area contributed by atoms with Crippen LogP contribution in [0, 0.1) is 6.92 Å². The van der Waals surface area contributed by atoms with Crippen molar-refractivity contribution in [2.75, 3.05) is 12.4 Å². The molecular weight excluding hydrogens is 368 g/mol. The van der Waals surface area contributed by atoms with Gasteiger partial charge in [-0.15, -0.1) is 0 Å². The Hall–Kier alpha value is -3.42. The second kappa shape index (κ2) is 8.51. The molecule has 0 fully saturated rings. The summed E-state index contributed by atoms with van der Waals surface area (Å²) in [4.78, 5) is 12.4. The van der Waals surface area contributed by atoms with Gasteiger partial charge in [0.2, 0.25) is 0 Å². The first-order chi connectivity index (χ1) is 13.5. The number of rotatable bonds is 7. The van der Waals surface area contributed by atoms with Gasteiger partial charge in [-0.05, 0) is 36.2 Å². The van der Waals surface area contributed by atoms with Gasteiger partial charge in [0, 0.05) is 11.8 Å².